The Kier molecular flexibility index (Phi) is 5.85. The molecular formula is C22H23N3O4S. The highest BCUT2D eigenvalue weighted by molar-refractivity contribution is 7.17. The molecule has 156 valence electrons. The number of benzene rings is 1. The molecule has 1 aromatic carbocycles. The molecule has 30 heavy (non-hydrogen) atoms. The van der Waals surface area contributed by atoms with Crippen molar-refractivity contribution in [3.05, 3.63) is 52.0 Å². The number of carbonyl (C=O) groups excluding carboxylic acids is 3. The number of esters is 1. The first-order valence-corrected chi connectivity index (χ1v) is 10.8. The quantitative estimate of drug-likeness (QED) is 0.480. The molecule has 0 radical (unpaired) electrons. The van der Waals surface area contributed by atoms with Crippen molar-refractivity contribution < 1.29 is 19.1 Å². The first-order valence-electron chi connectivity index (χ1n) is 9.97. The average molecular weight is 426 g/mol. The van der Waals surface area contributed by atoms with E-state index in [1.54, 1.807) is 0 Å². The van der Waals surface area contributed by atoms with E-state index in [9.17, 15) is 14.4 Å². The standard InChI is InChI=1S/C22H23N3O4S/c23-21(28)20-15-7-4-9-17(15)30-22(20)25-18(26)12-29-19(27)10-3-5-13-11-24-16-8-2-1-6-14(13)16/h1-2,6,8,11,24H,3-5,7,9-10,12H2,(H2,23,28)(H,25,26). The van der Waals surface area contributed by atoms with Gasteiger partial charge in [0.2, 0.25) is 0 Å². The van der Waals surface area contributed by atoms with E-state index in [1.165, 1.54) is 11.3 Å². The minimum atomic E-state index is -0.543. The van der Waals surface area contributed by atoms with E-state index in [0.717, 1.165) is 52.6 Å². The number of H-pyrrole nitrogens is 1. The Morgan fingerprint density at radius 2 is 2.03 bits per heavy atom. The van der Waals surface area contributed by atoms with Gasteiger partial charge in [-0.3, -0.25) is 14.4 Å². The lowest BCUT2D eigenvalue weighted by Crippen LogP contribution is -2.22. The lowest BCUT2D eigenvalue weighted by atomic mass is 10.1. The summed E-state index contributed by atoms with van der Waals surface area (Å²) < 4.78 is 5.09. The third-order valence-electron chi connectivity index (χ3n) is 5.29. The Labute approximate surface area is 177 Å². The third kappa shape index (κ3) is 4.23. The fourth-order valence-electron chi connectivity index (χ4n) is 3.90. The van der Waals surface area contributed by atoms with E-state index in [0.29, 0.717) is 17.0 Å². The SMILES string of the molecule is NC(=O)c1c(NC(=O)COC(=O)CCCc2c[nH]c3ccccc23)sc2c1CCC2. The van der Waals surface area contributed by atoms with Crippen LogP contribution in [0.3, 0.4) is 0 Å². The second kappa shape index (κ2) is 8.71. The van der Waals surface area contributed by atoms with E-state index >= 15 is 0 Å². The summed E-state index contributed by atoms with van der Waals surface area (Å²) >= 11 is 1.38. The van der Waals surface area contributed by atoms with Crippen molar-refractivity contribution >= 4 is 45.0 Å². The number of amides is 2. The smallest absolute Gasteiger partial charge is 0.306 e. The van der Waals surface area contributed by atoms with Crippen molar-refractivity contribution in [2.75, 3.05) is 11.9 Å². The van der Waals surface area contributed by atoms with Gasteiger partial charge in [0.1, 0.15) is 5.00 Å². The number of carbonyl (C=O) groups is 3. The van der Waals surface area contributed by atoms with Crippen LogP contribution in [0.15, 0.2) is 30.5 Å². The minimum Gasteiger partial charge on any atom is -0.456 e. The molecule has 1 aliphatic carbocycles. The zero-order valence-electron chi connectivity index (χ0n) is 16.5. The zero-order valence-corrected chi connectivity index (χ0v) is 17.3. The number of thiophene rings is 1. The highest BCUT2D eigenvalue weighted by atomic mass is 32.1. The molecule has 2 amide bonds. The molecule has 7 nitrogen and oxygen atoms in total. The van der Waals surface area contributed by atoms with E-state index in [2.05, 4.69) is 10.3 Å². The number of aromatic amines is 1. The Morgan fingerprint density at radius 1 is 1.20 bits per heavy atom. The number of rotatable bonds is 8. The van der Waals surface area contributed by atoms with Gasteiger partial charge in [0.25, 0.3) is 11.8 Å². The Morgan fingerprint density at radius 3 is 2.87 bits per heavy atom. The fourth-order valence-corrected chi connectivity index (χ4v) is 5.21. The van der Waals surface area contributed by atoms with Crippen LogP contribution < -0.4 is 11.1 Å². The van der Waals surface area contributed by atoms with Crippen LogP contribution in [0.25, 0.3) is 10.9 Å². The number of aryl methyl sites for hydroxylation is 2. The van der Waals surface area contributed by atoms with Crippen LogP contribution in [-0.4, -0.2) is 29.4 Å². The lowest BCUT2D eigenvalue weighted by Gasteiger charge is -2.07. The van der Waals surface area contributed by atoms with Crippen molar-refractivity contribution in [2.24, 2.45) is 5.73 Å². The van der Waals surface area contributed by atoms with Gasteiger partial charge in [0.15, 0.2) is 6.61 Å². The molecule has 0 saturated heterocycles. The van der Waals surface area contributed by atoms with Gasteiger partial charge in [0.05, 0.1) is 5.56 Å². The van der Waals surface area contributed by atoms with Crippen molar-refractivity contribution in [1.82, 2.24) is 4.98 Å². The Balaban J connectivity index is 1.24. The summed E-state index contributed by atoms with van der Waals surface area (Å²) in [6.07, 6.45) is 6.24. The molecule has 4 N–H and O–H groups in total. The molecule has 0 fully saturated rings. The van der Waals surface area contributed by atoms with E-state index in [4.69, 9.17) is 10.5 Å². The molecule has 4 rings (SSSR count). The number of nitrogens with two attached hydrogens (primary N) is 1. The summed E-state index contributed by atoms with van der Waals surface area (Å²) in [7, 11) is 0. The molecular weight excluding hydrogens is 402 g/mol. The molecule has 0 atom stereocenters. The van der Waals surface area contributed by atoms with Crippen LogP contribution in [0.2, 0.25) is 0 Å². The van der Waals surface area contributed by atoms with Crippen LogP contribution in [0.5, 0.6) is 0 Å². The van der Waals surface area contributed by atoms with E-state index < -0.39 is 17.8 Å². The van der Waals surface area contributed by atoms with Gasteiger partial charge >= 0.3 is 5.97 Å². The summed E-state index contributed by atoms with van der Waals surface area (Å²) in [5, 5.41) is 4.28. The number of nitrogens with one attached hydrogen (secondary N) is 2. The number of ether oxygens (including phenoxy) is 1. The minimum absolute atomic E-state index is 0.229. The van der Waals surface area contributed by atoms with Gasteiger partial charge in [-0.25, -0.2) is 0 Å². The predicted molar refractivity (Wildman–Crippen MR) is 116 cm³/mol. The second-order valence-electron chi connectivity index (χ2n) is 7.35. The summed E-state index contributed by atoms with van der Waals surface area (Å²) in [5.74, 6) is -1.44. The predicted octanol–water partition coefficient (Wildman–Crippen LogP) is 3.32. The molecule has 1 aliphatic rings. The summed E-state index contributed by atoms with van der Waals surface area (Å²) in [4.78, 5) is 40.3. The highest BCUT2D eigenvalue weighted by Crippen LogP contribution is 2.38. The summed E-state index contributed by atoms with van der Waals surface area (Å²) in [5.41, 5.74) is 9.05. The normalized spacial score (nSPS) is 12.7. The summed E-state index contributed by atoms with van der Waals surface area (Å²) in [6.45, 7) is -0.382. The maximum absolute atomic E-state index is 12.2. The van der Waals surface area contributed by atoms with Crippen LogP contribution in [-0.2, 0) is 33.6 Å². The fraction of sp³-hybridized carbons (Fsp3) is 0.318. The maximum atomic E-state index is 12.2. The van der Waals surface area contributed by atoms with Crippen LogP contribution >= 0.6 is 11.3 Å². The molecule has 0 spiro atoms. The van der Waals surface area contributed by atoms with Gasteiger partial charge in [0, 0.05) is 28.4 Å². The molecule has 8 heteroatoms. The zero-order chi connectivity index (χ0) is 21.1. The van der Waals surface area contributed by atoms with Gasteiger partial charge < -0.3 is 20.8 Å². The number of para-hydroxylation sites is 1. The largest absolute Gasteiger partial charge is 0.456 e. The van der Waals surface area contributed by atoms with Crippen LogP contribution in [0.1, 0.15) is 45.6 Å². The van der Waals surface area contributed by atoms with Crippen LogP contribution in [0.4, 0.5) is 5.00 Å². The molecule has 0 saturated carbocycles. The number of primary amides is 1. The molecule has 2 aromatic heterocycles. The van der Waals surface area contributed by atoms with E-state index in [-0.39, 0.29) is 13.0 Å². The first-order chi connectivity index (χ1) is 14.5. The monoisotopic (exact) mass is 425 g/mol. The first kappa shape index (κ1) is 20.2. The van der Waals surface area contributed by atoms with Gasteiger partial charge in [-0.15, -0.1) is 11.3 Å². The number of aromatic nitrogens is 1. The number of anilines is 1. The molecule has 2 heterocycles. The number of hydrogen-bond acceptors (Lipinski definition) is 5. The van der Waals surface area contributed by atoms with Crippen molar-refractivity contribution in [1.29, 1.82) is 0 Å². The van der Waals surface area contributed by atoms with Gasteiger partial charge in [-0.2, -0.15) is 0 Å². The number of hydrogen-bond donors (Lipinski definition) is 3. The van der Waals surface area contributed by atoms with Crippen molar-refractivity contribution in [3.63, 3.8) is 0 Å². The lowest BCUT2D eigenvalue weighted by molar-refractivity contribution is -0.147. The number of fused-ring (bicyclic) bond motifs is 2. The molecule has 0 unspecified atom stereocenters. The highest BCUT2D eigenvalue weighted by Gasteiger charge is 2.26. The Hall–Kier alpha value is -3.13. The van der Waals surface area contributed by atoms with Crippen LogP contribution in [0, 0.1) is 0 Å². The van der Waals surface area contributed by atoms with Crippen molar-refractivity contribution in [3.8, 4) is 0 Å². The third-order valence-corrected chi connectivity index (χ3v) is 6.49. The topological polar surface area (TPSA) is 114 Å². The van der Waals surface area contributed by atoms with Gasteiger partial charge in [-0.05, 0) is 49.3 Å². The second-order valence-corrected chi connectivity index (χ2v) is 8.45. The summed E-state index contributed by atoms with van der Waals surface area (Å²) in [6, 6.07) is 8.02. The van der Waals surface area contributed by atoms with E-state index in [1.807, 2.05) is 30.5 Å². The maximum Gasteiger partial charge on any atom is 0.306 e. The molecule has 0 aliphatic heterocycles. The average Bonchev–Trinajstić information content (AvgIpc) is 3.41. The molecule has 3 aromatic rings. The Bertz CT molecular complexity index is 1110. The molecule has 0 bridgehead atoms. The van der Waals surface area contributed by atoms with Crippen molar-refractivity contribution in [2.45, 2.75) is 38.5 Å². The van der Waals surface area contributed by atoms with Gasteiger partial charge in [-0.1, -0.05) is 18.2 Å².